The van der Waals surface area contributed by atoms with Gasteiger partial charge in [-0.2, -0.15) is 4.31 Å². The van der Waals surface area contributed by atoms with Gasteiger partial charge in [0.05, 0.1) is 13.7 Å². The summed E-state index contributed by atoms with van der Waals surface area (Å²) in [5.41, 5.74) is 1.47. The standard InChI is InChI=1S/C25H32N2O5S/c1-18-15-27(19(2)17-28)33(29,30)25-13-10-21(14-23(25)32-24(18)16-26(3)4)7-6-20-8-11-22(31-5)12-9-20/h8-14,18-19,24,28H,15-17H2,1-5H3/t18-,19-,24+/m1/s1. The lowest BCUT2D eigenvalue weighted by molar-refractivity contribution is 0.0812. The van der Waals surface area contributed by atoms with Crippen molar-refractivity contribution in [3.8, 4) is 23.3 Å². The first-order valence-electron chi connectivity index (χ1n) is 10.9. The normalized spacial score (nSPS) is 21.1. The number of ether oxygens (including phenoxy) is 2. The summed E-state index contributed by atoms with van der Waals surface area (Å²) in [6.07, 6.45) is -0.229. The topological polar surface area (TPSA) is 79.3 Å². The van der Waals surface area contributed by atoms with Crippen LogP contribution in [-0.2, 0) is 10.0 Å². The van der Waals surface area contributed by atoms with Gasteiger partial charge in [0.15, 0.2) is 0 Å². The number of nitrogens with zero attached hydrogens (tertiary/aromatic N) is 2. The first kappa shape index (κ1) is 25.1. The molecule has 0 radical (unpaired) electrons. The smallest absolute Gasteiger partial charge is 0.247 e. The number of fused-ring (bicyclic) bond motifs is 1. The molecule has 0 bridgehead atoms. The maximum atomic E-state index is 13.5. The lowest BCUT2D eigenvalue weighted by Gasteiger charge is -2.37. The van der Waals surface area contributed by atoms with Crippen LogP contribution < -0.4 is 9.47 Å². The largest absolute Gasteiger partial charge is 0.497 e. The third kappa shape index (κ3) is 5.87. The second-order valence-corrected chi connectivity index (χ2v) is 10.5. The van der Waals surface area contributed by atoms with Crippen molar-refractivity contribution in [2.45, 2.75) is 30.9 Å². The first-order chi connectivity index (χ1) is 15.6. The van der Waals surface area contributed by atoms with Gasteiger partial charge in [0.25, 0.3) is 0 Å². The van der Waals surface area contributed by atoms with Crippen LogP contribution in [0.2, 0.25) is 0 Å². The molecule has 7 nitrogen and oxygen atoms in total. The molecule has 0 amide bonds. The Balaban J connectivity index is 2.04. The van der Waals surface area contributed by atoms with E-state index in [2.05, 4.69) is 11.8 Å². The van der Waals surface area contributed by atoms with E-state index in [9.17, 15) is 13.5 Å². The molecule has 1 aliphatic rings. The van der Waals surface area contributed by atoms with Crippen LogP contribution in [0.15, 0.2) is 47.4 Å². The highest BCUT2D eigenvalue weighted by Crippen LogP contribution is 2.34. The average molecular weight is 473 g/mol. The van der Waals surface area contributed by atoms with E-state index in [1.54, 1.807) is 32.2 Å². The number of sulfonamides is 1. The van der Waals surface area contributed by atoms with E-state index in [0.29, 0.717) is 12.1 Å². The van der Waals surface area contributed by atoms with Gasteiger partial charge in [0, 0.05) is 36.2 Å². The first-order valence-corrected chi connectivity index (χ1v) is 12.3. The number of likely N-dealkylation sites (N-methyl/N-ethyl adjacent to an activating group) is 1. The van der Waals surface area contributed by atoms with Gasteiger partial charge in [-0.1, -0.05) is 18.8 Å². The van der Waals surface area contributed by atoms with Gasteiger partial charge in [-0.25, -0.2) is 8.42 Å². The van der Waals surface area contributed by atoms with Crippen molar-refractivity contribution < 1.29 is 23.0 Å². The Kier molecular flexibility index (Phi) is 8.03. The Morgan fingerprint density at radius 2 is 1.82 bits per heavy atom. The van der Waals surface area contributed by atoms with Crippen LogP contribution >= 0.6 is 0 Å². The summed E-state index contributed by atoms with van der Waals surface area (Å²) in [6, 6.07) is 11.8. The molecule has 0 saturated heterocycles. The third-order valence-corrected chi connectivity index (χ3v) is 7.67. The second-order valence-electron chi connectivity index (χ2n) is 8.64. The third-order valence-electron chi connectivity index (χ3n) is 5.65. The molecular weight excluding hydrogens is 440 g/mol. The number of hydrogen-bond acceptors (Lipinski definition) is 6. The van der Waals surface area contributed by atoms with Gasteiger partial charge in [-0.3, -0.25) is 0 Å². The summed E-state index contributed by atoms with van der Waals surface area (Å²) in [6.45, 7) is 4.32. The predicted octanol–water partition coefficient (Wildman–Crippen LogP) is 2.43. The van der Waals surface area contributed by atoms with Gasteiger partial charge < -0.3 is 19.5 Å². The Bertz CT molecular complexity index is 1120. The Labute approximate surface area is 197 Å². The van der Waals surface area contributed by atoms with Gasteiger partial charge in [0.1, 0.15) is 22.5 Å². The van der Waals surface area contributed by atoms with E-state index in [1.807, 2.05) is 50.2 Å². The molecule has 178 valence electrons. The lowest BCUT2D eigenvalue weighted by Crippen LogP contribution is -2.49. The van der Waals surface area contributed by atoms with Crippen LogP contribution in [0.3, 0.4) is 0 Å². The molecule has 0 aromatic heterocycles. The number of hydrogen-bond donors (Lipinski definition) is 1. The van der Waals surface area contributed by atoms with E-state index >= 15 is 0 Å². The molecule has 3 rings (SSSR count). The fraction of sp³-hybridized carbons (Fsp3) is 0.440. The zero-order valence-electron chi connectivity index (χ0n) is 19.8. The molecular formula is C25H32N2O5S. The number of benzene rings is 2. The maximum Gasteiger partial charge on any atom is 0.247 e. The van der Waals surface area contributed by atoms with Crippen LogP contribution in [0.1, 0.15) is 25.0 Å². The van der Waals surface area contributed by atoms with E-state index in [-0.39, 0.29) is 35.8 Å². The van der Waals surface area contributed by atoms with Crippen LogP contribution in [0.25, 0.3) is 0 Å². The van der Waals surface area contributed by atoms with Crippen LogP contribution in [-0.4, -0.2) is 75.8 Å². The van der Waals surface area contributed by atoms with Crippen LogP contribution in [0, 0.1) is 17.8 Å². The van der Waals surface area contributed by atoms with Gasteiger partial charge in [-0.15, -0.1) is 0 Å². The fourth-order valence-electron chi connectivity index (χ4n) is 3.70. The van der Waals surface area contributed by atoms with Gasteiger partial charge in [0.2, 0.25) is 10.0 Å². The predicted molar refractivity (Wildman–Crippen MR) is 128 cm³/mol. The number of methoxy groups -OCH3 is 1. The Morgan fingerprint density at radius 1 is 1.18 bits per heavy atom. The number of rotatable bonds is 5. The summed E-state index contributed by atoms with van der Waals surface area (Å²) in [5.74, 6) is 7.14. The van der Waals surface area contributed by atoms with Crippen LogP contribution in [0.4, 0.5) is 0 Å². The molecule has 1 aliphatic heterocycles. The van der Waals surface area contributed by atoms with E-state index in [4.69, 9.17) is 9.47 Å². The molecule has 0 unspecified atom stereocenters. The second kappa shape index (κ2) is 10.6. The summed E-state index contributed by atoms with van der Waals surface area (Å²) < 4.78 is 39.8. The molecule has 2 aromatic rings. The number of aliphatic hydroxyl groups is 1. The zero-order valence-corrected chi connectivity index (χ0v) is 20.6. The molecule has 33 heavy (non-hydrogen) atoms. The molecule has 0 saturated carbocycles. The monoisotopic (exact) mass is 472 g/mol. The van der Waals surface area contributed by atoms with Crippen molar-refractivity contribution in [1.82, 2.24) is 9.21 Å². The minimum absolute atomic E-state index is 0.0848. The Hall–Kier alpha value is -2.57. The minimum atomic E-state index is -3.86. The van der Waals surface area contributed by atoms with Crippen molar-refractivity contribution in [1.29, 1.82) is 0 Å². The van der Waals surface area contributed by atoms with Gasteiger partial charge in [-0.05, 0) is 63.5 Å². The van der Waals surface area contributed by atoms with Crippen molar-refractivity contribution in [2.75, 3.05) is 40.9 Å². The van der Waals surface area contributed by atoms with Crippen LogP contribution in [0.5, 0.6) is 11.5 Å². The summed E-state index contributed by atoms with van der Waals surface area (Å²) >= 11 is 0. The minimum Gasteiger partial charge on any atom is -0.497 e. The highest BCUT2D eigenvalue weighted by atomic mass is 32.2. The zero-order chi connectivity index (χ0) is 24.2. The fourth-order valence-corrected chi connectivity index (χ4v) is 5.53. The van der Waals surface area contributed by atoms with E-state index < -0.39 is 16.1 Å². The molecule has 0 aliphatic carbocycles. The molecule has 0 spiro atoms. The molecule has 8 heteroatoms. The maximum absolute atomic E-state index is 13.5. The summed E-state index contributed by atoms with van der Waals surface area (Å²) in [5, 5.41) is 9.71. The molecule has 1 heterocycles. The SMILES string of the molecule is COc1ccc(C#Cc2ccc3c(c2)O[C@@H](CN(C)C)[C@H](C)CN([C@H](C)CO)S3(=O)=O)cc1. The molecule has 2 aromatic carbocycles. The highest BCUT2D eigenvalue weighted by molar-refractivity contribution is 7.89. The Morgan fingerprint density at radius 3 is 2.42 bits per heavy atom. The molecule has 3 atom stereocenters. The van der Waals surface area contributed by atoms with Crippen molar-refractivity contribution in [3.05, 3.63) is 53.6 Å². The van der Waals surface area contributed by atoms with E-state index in [1.165, 1.54) is 4.31 Å². The lowest BCUT2D eigenvalue weighted by atomic mass is 10.0. The average Bonchev–Trinajstić information content (AvgIpc) is 2.79. The summed E-state index contributed by atoms with van der Waals surface area (Å²) in [4.78, 5) is 2.11. The highest BCUT2D eigenvalue weighted by Gasteiger charge is 2.37. The van der Waals surface area contributed by atoms with Crippen molar-refractivity contribution in [2.24, 2.45) is 5.92 Å². The van der Waals surface area contributed by atoms with Gasteiger partial charge >= 0.3 is 0 Å². The molecule has 0 fully saturated rings. The van der Waals surface area contributed by atoms with E-state index in [0.717, 1.165) is 11.3 Å². The number of aliphatic hydroxyl groups excluding tert-OH is 1. The summed E-state index contributed by atoms with van der Waals surface area (Å²) in [7, 11) is 1.66. The van der Waals surface area contributed by atoms with Crippen molar-refractivity contribution in [3.63, 3.8) is 0 Å². The molecule has 1 N–H and O–H groups in total. The quantitative estimate of drug-likeness (QED) is 0.674. The van der Waals surface area contributed by atoms with Crippen molar-refractivity contribution >= 4 is 10.0 Å².